The largest absolute Gasteiger partial charge is 0.359 e. The number of benzene rings is 1. The molecule has 3 rings (SSSR count). The van der Waals surface area contributed by atoms with Gasteiger partial charge in [0.1, 0.15) is 5.82 Å². The summed E-state index contributed by atoms with van der Waals surface area (Å²) in [6.45, 7) is 1.99. The molecule has 3 heteroatoms. The van der Waals surface area contributed by atoms with E-state index in [4.69, 9.17) is 5.73 Å². The SMILES string of the molecule is Cc1c[nH]c2c(F)cc(CCC3(N)CC3)cc12. The van der Waals surface area contributed by atoms with Crippen molar-refractivity contribution in [1.82, 2.24) is 4.98 Å². The molecular weight excluding hydrogens is 215 g/mol. The van der Waals surface area contributed by atoms with Crippen LogP contribution in [-0.4, -0.2) is 10.5 Å². The van der Waals surface area contributed by atoms with Crippen molar-refractivity contribution in [2.75, 3.05) is 0 Å². The molecule has 1 heterocycles. The average Bonchev–Trinajstić information content (AvgIpc) is 2.91. The fourth-order valence-electron chi connectivity index (χ4n) is 2.33. The zero-order valence-electron chi connectivity index (χ0n) is 10.0. The van der Waals surface area contributed by atoms with E-state index in [1.807, 2.05) is 13.1 Å². The number of nitrogens with two attached hydrogens (primary N) is 1. The van der Waals surface area contributed by atoms with Gasteiger partial charge in [0, 0.05) is 17.1 Å². The maximum Gasteiger partial charge on any atom is 0.147 e. The van der Waals surface area contributed by atoms with Crippen molar-refractivity contribution in [3.8, 4) is 0 Å². The third kappa shape index (κ3) is 1.95. The minimum absolute atomic E-state index is 0.0403. The monoisotopic (exact) mass is 232 g/mol. The number of halogens is 1. The normalized spacial score (nSPS) is 17.6. The number of rotatable bonds is 3. The summed E-state index contributed by atoms with van der Waals surface area (Å²) in [6, 6.07) is 3.71. The van der Waals surface area contributed by atoms with Crippen LogP contribution < -0.4 is 5.73 Å². The number of aromatic amines is 1. The lowest BCUT2D eigenvalue weighted by molar-refractivity contribution is 0.602. The second-order valence-electron chi connectivity index (χ2n) is 5.33. The summed E-state index contributed by atoms with van der Waals surface area (Å²) in [6.07, 6.45) is 5.90. The molecule has 1 aromatic carbocycles. The fraction of sp³-hybridized carbons (Fsp3) is 0.429. The molecular formula is C14H17FN2. The summed E-state index contributed by atoms with van der Waals surface area (Å²) in [5.41, 5.74) is 8.85. The van der Waals surface area contributed by atoms with Crippen LogP contribution in [0.5, 0.6) is 0 Å². The molecule has 1 aliphatic rings. The molecule has 1 aromatic heterocycles. The van der Waals surface area contributed by atoms with Crippen LogP contribution in [-0.2, 0) is 6.42 Å². The summed E-state index contributed by atoms with van der Waals surface area (Å²) < 4.78 is 13.8. The Bertz CT molecular complexity index is 567. The molecule has 1 fully saturated rings. The summed E-state index contributed by atoms with van der Waals surface area (Å²) in [7, 11) is 0. The van der Waals surface area contributed by atoms with Gasteiger partial charge < -0.3 is 10.7 Å². The molecule has 17 heavy (non-hydrogen) atoms. The molecule has 1 aliphatic carbocycles. The topological polar surface area (TPSA) is 41.8 Å². The number of H-pyrrole nitrogens is 1. The van der Waals surface area contributed by atoms with Crippen molar-refractivity contribution in [3.05, 3.63) is 35.3 Å². The Morgan fingerprint density at radius 1 is 1.41 bits per heavy atom. The molecule has 3 N–H and O–H groups in total. The third-order valence-electron chi connectivity index (χ3n) is 3.81. The van der Waals surface area contributed by atoms with Crippen LogP contribution in [0, 0.1) is 12.7 Å². The first-order valence-corrected chi connectivity index (χ1v) is 6.12. The van der Waals surface area contributed by atoms with E-state index in [2.05, 4.69) is 11.1 Å². The van der Waals surface area contributed by atoms with Crippen LogP contribution in [0.2, 0.25) is 0 Å². The van der Waals surface area contributed by atoms with Gasteiger partial charge in [-0.25, -0.2) is 4.39 Å². The molecule has 0 atom stereocenters. The lowest BCUT2D eigenvalue weighted by Crippen LogP contribution is -2.22. The van der Waals surface area contributed by atoms with E-state index in [0.29, 0.717) is 5.52 Å². The van der Waals surface area contributed by atoms with Gasteiger partial charge in [-0.2, -0.15) is 0 Å². The van der Waals surface area contributed by atoms with Crippen molar-refractivity contribution in [2.24, 2.45) is 5.73 Å². The minimum atomic E-state index is -0.160. The Hall–Kier alpha value is -1.35. The van der Waals surface area contributed by atoms with E-state index in [0.717, 1.165) is 42.2 Å². The quantitative estimate of drug-likeness (QED) is 0.839. The van der Waals surface area contributed by atoms with E-state index in [9.17, 15) is 4.39 Å². The van der Waals surface area contributed by atoms with Gasteiger partial charge in [0.2, 0.25) is 0 Å². The summed E-state index contributed by atoms with van der Waals surface area (Å²) in [5.74, 6) is -0.160. The molecule has 2 aromatic rings. The summed E-state index contributed by atoms with van der Waals surface area (Å²) in [5, 5.41) is 0.988. The Morgan fingerprint density at radius 3 is 2.88 bits per heavy atom. The number of fused-ring (bicyclic) bond motifs is 1. The van der Waals surface area contributed by atoms with Gasteiger partial charge in [-0.15, -0.1) is 0 Å². The van der Waals surface area contributed by atoms with Gasteiger partial charge in [-0.1, -0.05) is 0 Å². The summed E-state index contributed by atoms with van der Waals surface area (Å²) in [4.78, 5) is 2.97. The highest BCUT2D eigenvalue weighted by atomic mass is 19.1. The third-order valence-corrected chi connectivity index (χ3v) is 3.81. The number of nitrogens with one attached hydrogen (secondary N) is 1. The number of aromatic nitrogens is 1. The lowest BCUT2D eigenvalue weighted by Gasteiger charge is -2.08. The zero-order chi connectivity index (χ0) is 12.0. The smallest absolute Gasteiger partial charge is 0.147 e. The highest BCUT2D eigenvalue weighted by Crippen LogP contribution is 2.36. The van der Waals surface area contributed by atoms with Crippen molar-refractivity contribution in [3.63, 3.8) is 0 Å². The zero-order valence-corrected chi connectivity index (χ0v) is 10.0. The van der Waals surface area contributed by atoms with Gasteiger partial charge in [0.25, 0.3) is 0 Å². The molecule has 0 radical (unpaired) electrons. The van der Waals surface area contributed by atoms with Crippen molar-refractivity contribution < 1.29 is 4.39 Å². The molecule has 0 saturated heterocycles. The van der Waals surface area contributed by atoms with Gasteiger partial charge in [0.05, 0.1) is 5.52 Å². The van der Waals surface area contributed by atoms with Gasteiger partial charge in [0.15, 0.2) is 0 Å². The van der Waals surface area contributed by atoms with Crippen LogP contribution in [0.4, 0.5) is 4.39 Å². The lowest BCUT2D eigenvalue weighted by atomic mass is 10.0. The van der Waals surface area contributed by atoms with Crippen LogP contribution in [0.1, 0.15) is 30.4 Å². The Morgan fingerprint density at radius 2 is 2.18 bits per heavy atom. The average molecular weight is 232 g/mol. The highest BCUT2D eigenvalue weighted by molar-refractivity contribution is 5.84. The molecule has 0 bridgehead atoms. The number of hydrogen-bond donors (Lipinski definition) is 2. The Kier molecular flexibility index (Phi) is 2.26. The predicted molar refractivity (Wildman–Crippen MR) is 67.5 cm³/mol. The standard InChI is InChI=1S/C14H17FN2/c1-9-8-17-13-11(9)6-10(7-12(13)15)2-3-14(16)4-5-14/h6-8,17H,2-5,16H2,1H3. The molecule has 90 valence electrons. The van der Waals surface area contributed by atoms with Gasteiger partial charge >= 0.3 is 0 Å². The van der Waals surface area contributed by atoms with Crippen molar-refractivity contribution in [1.29, 1.82) is 0 Å². The first kappa shape index (κ1) is 10.8. The van der Waals surface area contributed by atoms with Crippen LogP contribution in [0.15, 0.2) is 18.3 Å². The van der Waals surface area contributed by atoms with Crippen LogP contribution in [0.25, 0.3) is 10.9 Å². The Labute approximate surface area is 100 Å². The van der Waals surface area contributed by atoms with E-state index in [1.54, 1.807) is 6.07 Å². The maximum atomic E-state index is 13.8. The van der Waals surface area contributed by atoms with E-state index < -0.39 is 0 Å². The molecule has 1 saturated carbocycles. The Balaban J connectivity index is 1.91. The van der Waals surface area contributed by atoms with E-state index in [1.165, 1.54) is 0 Å². The van der Waals surface area contributed by atoms with Crippen LogP contribution >= 0.6 is 0 Å². The molecule has 0 spiro atoms. The van der Waals surface area contributed by atoms with Crippen molar-refractivity contribution >= 4 is 10.9 Å². The molecule has 0 unspecified atom stereocenters. The first-order valence-electron chi connectivity index (χ1n) is 6.12. The van der Waals surface area contributed by atoms with Crippen molar-refractivity contribution in [2.45, 2.75) is 38.1 Å². The second kappa shape index (κ2) is 3.57. The number of hydrogen-bond acceptors (Lipinski definition) is 1. The van der Waals surface area contributed by atoms with E-state index in [-0.39, 0.29) is 11.4 Å². The highest BCUT2D eigenvalue weighted by Gasteiger charge is 2.37. The summed E-state index contributed by atoms with van der Waals surface area (Å²) >= 11 is 0. The van der Waals surface area contributed by atoms with Gasteiger partial charge in [-0.05, 0) is 55.9 Å². The fourth-order valence-corrected chi connectivity index (χ4v) is 2.33. The maximum absolute atomic E-state index is 13.8. The first-order chi connectivity index (χ1) is 8.07. The second-order valence-corrected chi connectivity index (χ2v) is 5.33. The molecule has 2 nitrogen and oxygen atoms in total. The number of aryl methyl sites for hydroxylation is 2. The minimum Gasteiger partial charge on any atom is -0.359 e. The van der Waals surface area contributed by atoms with Crippen LogP contribution in [0.3, 0.4) is 0 Å². The molecule has 0 aliphatic heterocycles. The molecule has 0 amide bonds. The predicted octanol–water partition coefficient (Wildman–Crippen LogP) is 3.04. The van der Waals surface area contributed by atoms with Gasteiger partial charge in [-0.3, -0.25) is 0 Å². The van der Waals surface area contributed by atoms with E-state index >= 15 is 0 Å².